The highest BCUT2D eigenvalue weighted by Crippen LogP contribution is 2.31. The number of nitrogens with two attached hydrogens (primary N) is 1. The standard InChI is InChI=1S/C14H30N2O3/c1-14(2,3)11(7-8-15)5-6-13(18)16-9-12(17)10-19-4/h11-12,17H,5-10,15H2,1-4H3,(H,16,18). The van der Waals surface area contributed by atoms with Gasteiger partial charge in [-0.15, -0.1) is 0 Å². The van der Waals surface area contributed by atoms with Crippen molar-refractivity contribution in [1.29, 1.82) is 0 Å². The van der Waals surface area contributed by atoms with E-state index in [4.69, 9.17) is 10.5 Å². The first-order valence-corrected chi connectivity index (χ1v) is 6.95. The second-order valence-electron chi connectivity index (χ2n) is 6.09. The average molecular weight is 274 g/mol. The fraction of sp³-hybridized carbons (Fsp3) is 0.929. The first-order valence-electron chi connectivity index (χ1n) is 6.95. The van der Waals surface area contributed by atoms with E-state index >= 15 is 0 Å². The number of carbonyl (C=O) groups excluding carboxylic acids is 1. The third-order valence-electron chi connectivity index (χ3n) is 3.35. The third kappa shape index (κ3) is 8.97. The van der Waals surface area contributed by atoms with Crippen LogP contribution in [0.2, 0.25) is 0 Å². The minimum absolute atomic E-state index is 0.0265. The molecule has 114 valence electrons. The van der Waals surface area contributed by atoms with Gasteiger partial charge in [-0.1, -0.05) is 20.8 Å². The zero-order valence-corrected chi connectivity index (χ0v) is 12.7. The number of ether oxygens (including phenoxy) is 1. The Balaban J connectivity index is 3.99. The van der Waals surface area contributed by atoms with Crippen molar-refractivity contribution < 1.29 is 14.6 Å². The number of methoxy groups -OCH3 is 1. The quantitative estimate of drug-likeness (QED) is 0.583. The van der Waals surface area contributed by atoms with Crippen LogP contribution in [-0.2, 0) is 9.53 Å². The highest BCUT2D eigenvalue weighted by molar-refractivity contribution is 5.75. The Labute approximate surface area is 116 Å². The largest absolute Gasteiger partial charge is 0.389 e. The van der Waals surface area contributed by atoms with E-state index in [1.54, 1.807) is 0 Å². The summed E-state index contributed by atoms with van der Waals surface area (Å²) in [5.74, 6) is 0.411. The summed E-state index contributed by atoms with van der Waals surface area (Å²) in [6.07, 6.45) is 1.59. The average Bonchev–Trinajstić information content (AvgIpc) is 2.30. The van der Waals surface area contributed by atoms with Crippen molar-refractivity contribution in [1.82, 2.24) is 5.32 Å². The molecule has 0 saturated carbocycles. The van der Waals surface area contributed by atoms with Crippen LogP contribution in [0.3, 0.4) is 0 Å². The number of amides is 1. The van der Waals surface area contributed by atoms with E-state index in [2.05, 4.69) is 26.1 Å². The van der Waals surface area contributed by atoms with Crippen molar-refractivity contribution >= 4 is 5.91 Å². The van der Waals surface area contributed by atoms with Crippen LogP contribution in [0.1, 0.15) is 40.0 Å². The lowest BCUT2D eigenvalue weighted by Gasteiger charge is -2.30. The second kappa shape index (κ2) is 9.28. The molecule has 0 aliphatic carbocycles. The summed E-state index contributed by atoms with van der Waals surface area (Å²) in [5, 5.41) is 12.1. The molecule has 0 aliphatic rings. The van der Waals surface area contributed by atoms with Crippen molar-refractivity contribution in [2.45, 2.75) is 46.1 Å². The van der Waals surface area contributed by atoms with Gasteiger partial charge in [0.2, 0.25) is 5.91 Å². The van der Waals surface area contributed by atoms with Gasteiger partial charge in [0, 0.05) is 20.1 Å². The topological polar surface area (TPSA) is 84.6 Å². The summed E-state index contributed by atoms with van der Waals surface area (Å²) in [5.41, 5.74) is 5.78. The Morgan fingerprint density at radius 3 is 2.47 bits per heavy atom. The molecule has 0 aromatic carbocycles. The van der Waals surface area contributed by atoms with Gasteiger partial charge in [0.1, 0.15) is 0 Å². The molecule has 0 saturated heterocycles. The fourth-order valence-corrected chi connectivity index (χ4v) is 2.09. The van der Waals surface area contributed by atoms with Gasteiger partial charge in [0.15, 0.2) is 0 Å². The van der Waals surface area contributed by atoms with Crippen LogP contribution in [0, 0.1) is 11.3 Å². The van der Waals surface area contributed by atoms with Crippen molar-refractivity contribution in [2.75, 3.05) is 26.8 Å². The summed E-state index contributed by atoms with van der Waals surface area (Å²) in [7, 11) is 1.52. The zero-order valence-electron chi connectivity index (χ0n) is 12.7. The highest BCUT2D eigenvalue weighted by atomic mass is 16.5. The number of aliphatic hydroxyl groups is 1. The lowest BCUT2D eigenvalue weighted by Crippen LogP contribution is -2.35. The normalized spacial score (nSPS) is 15.1. The minimum atomic E-state index is -0.642. The fourth-order valence-electron chi connectivity index (χ4n) is 2.09. The molecule has 0 aromatic rings. The predicted octanol–water partition coefficient (Wildman–Crippen LogP) is 0.901. The van der Waals surface area contributed by atoms with Gasteiger partial charge in [-0.05, 0) is 30.7 Å². The van der Waals surface area contributed by atoms with Gasteiger partial charge in [-0.3, -0.25) is 4.79 Å². The van der Waals surface area contributed by atoms with Crippen LogP contribution in [0.25, 0.3) is 0 Å². The van der Waals surface area contributed by atoms with Gasteiger partial charge in [-0.2, -0.15) is 0 Å². The molecule has 0 rings (SSSR count). The maximum Gasteiger partial charge on any atom is 0.220 e. The molecular formula is C14H30N2O3. The van der Waals surface area contributed by atoms with E-state index in [0.717, 1.165) is 12.8 Å². The number of hydrogen-bond acceptors (Lipinski definition) is 4. The molecule has 0 aliphatic heterocycles. The number of nitrogens with one attached hydrogen (secondary N) is 1. The molecule has 0 radical (unpaired) electrons. The first-order chi connectivity index (χ1) is 8.81. The maximum absolute atomic E-state index is 11.7. The van der Waals surface area contributed by atoms with Crippen molar-refractivity contribution in [3.63, 3.8) is 0 Å². The molecule has 1 amide bonds. The number of rotatable bonds is 9. The Morgan fingerprint density at radius 2 is 2.00 bits per heavy atom. The van der Waals surface area contributed by atoms with Gasteiger partial charge >= 0.3 is 0 Å². The Kier molecular flexibility index (Phi) is 8.97. The molecule has 4 N–H and O–H groups in total. The Bertz CT molecular complexity index is 252. The van der Waals surface area contributed by atoms with Crippen LogP contribution >= 0.6 is 0 Å². The number of aliphatic hydroxyl groups excluding tert-OH is 1. The molecule has 2 unspecified atom stereocenters. The molecular weight excluding hydrogens is 244 g/mol. The van der Waals surface area contributed by atoms with Crippen LogP contribution in [0.4, 0.5) is 0 Å². The number of carbonyl (C=O) groups is 1. The lowest BCUT2D eigenvalue weighted by molar-refractivity contribution is -0.122. The molecule has 0 spiro atoms. The Hall–Kier alpha value is -0.650. The molecule has 0 aromatic heterocycles. The predicted molar refractivity (Wildman–Crippen MR) is 76.7 cm³/mol. The van der Waals surface area contributed by atoms with Crippen molar-refractivity contribution in [3.05, 3.63) is 0 Å². The van der Waals surface area contributed by atoms with Gasteiger partial charge < -0.3 is 20.9 Å². The monoisotopic (exact) mass is 274 g/mol. The van der Waals surface area contributed by atoms with E-state index < -0.39 is 6.10 Å². The summed E-state index contributed by atoms with van der Waals surface area (Å²) < 4.78 is 4.80. The van der Waals surface area contributed by atoms with Gasteiger partial charge in [-0.25, -0.2) is 0 Å². The maximum atomic E-state index is 11.7. The molecule has 5 nitrogen and oxygen atoms in total. The molecule has 19 heavy (non-hydrogen) atoms. The van der Waals surface area contributed by atoms with Crippen LogP contribution in [-0.4, -0.2) is 43.9 Å². The van der Waals surface area contributed by atoms with Crippen molar-refractivity contribution in [3.8, 4) is 0 Å². The van der Waals surface area contributed by atoms with Crippen LogP contribution in [0.5, 0.6) is 0 Å². The van der Waals surface area contributed by atoms with Gasteiger partial charge in [0.05, 0.1) is 12.7 Å². The smallest absolute Gasteiger partial charge is 0.220 e. The molecule has 0 heterocycles. The molecule has 0 bridgehead atoms. The van der Waals surface area contributed by atoms with E-state index in [1.807, 2.05) is 0 Å². The first kappa shape index (κ1) is 18.4. The van der Waals surface area contributed by atoms with Crippen LogP contribution < -0.4 is 11.1 Å². The Morgan fingerprint density at radius 1 is 1.37 bits per heavy atom. The molecule has 5 heteroatoms. The minimum Gasteiger partial charge on any atom is -0.389 e. The summed E-state index contributed by atoms with van der Waals surface area (Å²) >= 11 is 0. The molecule has 2 atom stereocenters. The van der Waals surface area contributed by atoms with Crippen LogP contribution in [0.15, 0.2) is 0 Å². The summed E-state index contributed by atoms with van der Waals surface area (Å²) in [4.78, 5) is 11.7. The molecule has 0 fully saturated rings. The zero-order chi connectivity index (χ0) is 14.9. The number of hydrogen-bond donors (Lipinski definition) is 3. The SMILES string of the molecule is COCC(O)CNC(=O)CCC(CCN)C(C)(C)C. The highest BCUT2D eigenvalue weighted by Gasteiger charge is 2.24. The van der Waals surface area contributed by atoms with Crippen molar-refractivity contribution in [2.24, 2.45) is 17.1 Å². The summed E-state index contributed by atoms with van der Waals surface area (Å²) in [6, 6.07) is 0. The van der Waals surface area contributed by atoms with Gasteiger partial charge in [0.25, 0.3) is 0 Å². The summed E-state index contributed by atoms with van der Waals surface area (Å²) in [6.45, 7) is 7.65. The van der Waals surface area contributed by atoms with E-state index in [9.17, 15) is 9.90 Å². The van der Waals surface area contributed by atoms with E-state index in [0.29, 0.717) is 18.9 Å². The lowest BCUT2D eigenvalue weighted by atomic mass is 9.76. The van der Waals surface area contributed by atoms with E-state index in [1.165, 1.54) is 7.11 Å². The third-order valence-corrected chi connectivity index (χ3v) is 3.35. The second-order valence-corrected chi connectivity index (χ2v) is 6.09. The van der Waals surface area contributed by atoms with E-state index in [-0.39, 0.29) is 24.5 Å².